The second kappa shape index (κ2) is 5.89. The second-order valence-corrected chi connectivity index (χ2v) is 6.61. The number of aryl methyl sites for hydroxylation is 3. The van der Waals surface area contributed by atoms with Gasteiger partial charge in [-0.1, -0.05) is 53.3 Å². The summed E-state index contributed by atoms with van der Waals surface area (Å²) in [6.07, 6.45) is 0.371. The van der Waals surface area contributed by atoms with Crippen molar-refractivity contribution in [3.05, 3.63) is 58.7 Å². The third-order valence-corrected chi connectivity index (χ3v) is 4.74. The summed E-state index contributed by atoms with van der Waals surface area (Å²) in [5.74, 6) is -0.0278. The number of amides is 1. The first-order valence-corrected chi connectivity index (χ1v) is 8.07. The zero-order chi connectivity index (χ0) is 15.7. The minimum absolute atomic E-state index is 0.0278. The molecule has 0 radical (unpaired) electrons. The second-order valence-electron chi connectivity index (χ2n) is 5.61. The van der Waals surface area contributed by atoms with E-state index in [0.717, 1.165) is 26.9 Å². The van der Waals surface area contributed by atoms with E-state index in [1.165, 1.54) is 16.9 Å². The van der Waals surface area contributed by atoms with E-state index in [1.807, 2.05) is 38.1 Å². The molecule has 0 spiro atoms. The van der Waals surface area contributed by atoms with Crippen molar-refractivity contribution < 1.29 is 4.79 Å². The summed E-state index contributed by atoms with van der Waals surface area (Å²) in [6, 6.07) is 12.2. The summed E-state index contributed by atoms with van der Waals surface area (Å²) in [6.45, 7) is 6.14. The summed E-state index contributed by atoms with van der Waals surface area (Å²) < 4.78 is 1.14. The third-order valence-electron chi connectivity index (χ3n) is 3.64. The van der Waals surface area contributed by atoms with E-state index in [9.17, 15) is 4.79 Å². The van der Waals surface area contributed by atoms with Crippen LogP contribution in [0.2, 0.25) is 0 Å². The normalized spacial score (nSPS) is 10.9. The molecule has 2 aromatic carbocycles. The van der Waals surface area contributed by atoms with Gasteiger partial charge in [-0.05, 0) is 37.5 Å². The van der Waals surface area contributed by atoms with E-state index in [1.54, 1.807) is 0 Å². The van der Waals surface area contributed by atoms with Crippen molar-refractivity contribution >= 4 is 32.6 Å². The Labute approximate surface area is 134 Å². The van der Waals surface area contributed by atoms with E-state index in [4.69, 9.17) is 0 Å². The minimum atomic E-state index is -0.0278. The number of carbonyl (C=O) groups is 1. The molecule has 0 saturated carbocycles. The number of nitrogens with one attached hydrogen (secondary N) is 1. The van der Waals surface area contributed by atoms with Crippen LogP contribution < -0.4 is 5.32 Å². The Morgan fingerprint density at radius 3 is 2.64 bits per heavy atom. The monoisotopic (exact) mass is 310 g/mol. The number of fused-ring (bicyclic) bond motifs is 1. The molecule has 0 bridgehead atoms. The van der Waals surface area contributed by atoms with E-state index in [-0.39, 0.29) is 5.91 Å². The first kappa shape index (κ1) is 14.7. The summed E-state index contributed by atoms with van der Waals surface area (Å²) in [7, 11) is 0. The quantitative estimate of drug-likeness (QED) is 0.779. The lowest BCUT2D eigenvalue weighted by molar-refractivity contribution is -0.115. The van der Waals surface area contributed by atoms with Crippen molar-refractivity contribution in [2.45, 2.75) is 27.2 Å². The van der Waals surface area contributed by atoms with Crippen LogP contribution in [-0.4, -0.2) is 10.9 Å². The maximum atomic E-state index is 12.2. The van der Waals surface area contributed by atoms with Gasteiger partial charge in [0.15, 0.2) is 5.13 Å². The highest BCUT2D eigenvalue weighted by molar-refractivity contribution is 7.22. The van der Waals surface area contributed by atoms with E-state index in [0.29, 0.717) is 11.6 Å². The van der Waals surface area contributed by atoms with Gasteiger partial charge in [0.25, 0.3) is 0 Å². The van der Waals surface area contributed by atoms with Crippen molar-refractivity contribution in [3.63, 3.8) is 0 Å². The van der Waals surface area contributed by atoms with Gasteiger partial charge in [0.05, 0.1) is 16.6 Å². The van der Waals surface area contributed by atoms with Crippen molar-refractivity contribution in [1.29, 1.82) is 0 Å². The number of hydrogen-bond acceptors (Lipinski definition) is 3. The summed E-state index contributed by atoms with van der Waals surface area (Å²) in [5.41, 5.74) is 5.49. The van der Waals surface area contributed by atoms with Gasteiger partial charge < -0.3 is 5.32 Å². The van der Waals surface area contributed by atoms with Gasteiger partial charge in [-0.3, -0.25) is 4.79 Å². The van der Waals surface area contributed by atoms with Crippen molar-refractivity contribution in [1.82, 2.24) is 4.98 Å². The van der Waals surface area contributed by atoms with Gasteiger partial charge in [-0.2, -0.15) is 0 Å². The molecule has 22 heavy (non-hydrogen) atoms. The standard InChI is InChI=1S/C18H18N2OS/c1-11-5-4-6-14(9-11)10-15(21)19-18-20-16-12(2)7-8-13(3)17(16)22-18/h4-9H,10H2,1-3H3,(H,19,20,21). The summed E-state index contributed by atoms with van der Waals surface area (Å²) in [5, 5.41) is 3.59. The summed E-state index contributed by atoms with van der Waals surface area (Å²) >= 11 is 1.54. The van der Waals surface area contributed by atoms with Crippen LogP contribution in [-0.2, 0) is 11.2 Å². The maximum absolute atomic E-state index is 12.2. The van der Waals surface area contributed by atoms with Crippen LogP contribution >= 0.6 is 11.3 Å². The number of nitrogens with zero attached hydrogens (tertiary/aromatic N) is 1. The number of hydrogen-bond donors (Lipinski definition) is 1. The molecule has 1 amide bonds. The molecule has 3 aromatic rings. The molecule has 0 saturated heterocycles. The molecule has 0 fully saturated rings. The number of carbonyl (C=O) groups excluding carboxylic acids is 1. The maximum Gasteiger partial charge on any atom is 0.230 e. The molecule has 1 aromatic heterocycles. The van der Waals surface area contributed by atoms with Crippen molar-refractivity contribution in [2.24, 2.45) is 0 Å². The van der Waals surface area contributed by atoms with Crippen LogP contribution in [0.3, 0.4) is 0 Å². The van der Waals surface area contributed by atoms with Crippen LogP contribution in [0.25, 0.3) is 10.2 Å². The smallest absolute Gasteiger partial charge is 0.230 e. The van der Waals surface area contributed by atoms with Crippen LogP contribution in [0.15, 0.2) is 36.4 Å². The van der Waals surface area contributed by atoms with E-state index in [2.05, 4.69) is 29.4 Å². The van der Waals surface area contributed by atoms with Crippen LogP contribution in [0.5, 0.6) is 0 Å². The number of rotatable bonds is 3. The highest BCUT2D eigenvalue weighted by atomic mass is 32.1. The SMILES string of the molecule is Cc1cccc(CC(=O)Nc2nc3c(C)ccc(C)c3s2)c1. The molecule has 0 unspecified atom stereocenters. The average Bonchev–Trinajstić information content (AvgIpc) is 2.88. The Hall–Kier alpha value is -2.20. The van der Waals surface area contributed by atoms with Gasteiger partial charge in [0.2, 0.25) is 5.91 Å². The highest BCUT2D eigenvalue weighted by Crippen LogP contribution is 2.30. The van der Waals surface area contributed by atoms with Gasteiger partial charge >= 0.3 is 0 Å². The Morgan fingerprint density at radius 1 is 1.14 bits per heavy atom. The number of benzene rings is 2. The molecule has 0 aliphatic rings. The van der Waals surface area contributed by atoms with E-state index < -0.39 is 0 Å². The topological polar surface area (TPSA) is 42.0 Å². The molecule has 0 aliphatic heterocycles. The third kappa shape index (κ3) is 3.02. The minimum Gasteiger partial charge on any atom is -0.302 e. The highest BCUT2D eigenvalue weighted by Gasteiger charge is 2.11. The fourth-order valence-electron chi connectivity index (χ4n) is 2.48. The summed E-state index contributed by atoms with van der Waals surface area (Å²) in [4.78, 5) is 16.8. The molecular weight excluding hydrogens is 292 g/mol. The Kier molecular flexibility index (Phi) is 3.94. The first-order valence-electron chi connectivity index (χ1n) is 7.25. The predicted molar refractivity (Wildman–Crippen MR) is 92.6 cm³/mol. The lowest BCUT2D eigenvalue weighted by Gasteiger charge is -2.02. The Balaban J connectivity index is 1.79. The zero-order valence-electron chi connectivity index (χ0n) is 12.9. The molecule has 4 heteroatoms. The molecular formula is C18H18N2OS. The van der Waals surface area contributed by atoms with E-state index >= 15 is 0 Å². The van der Waals surface area contributed by atoms with Gasteiger partial charge in [-0.15, -0.1) is 0 Å². The van der Waals surface area contributed by atoms with Crippen LogP contribution in [0.4, 0.5) is 5.13 Å². The molecule has 0 aliphatic carbocycles. The number of aromatic nitrogens is 1. The lowest BCUT2D eigenvalue weighted by atomic mass is 10.1. The first-order chi connectivity index (χ1) is 10.5. The van der Waals surface area contributed by atoms with Gasteiger partial charge in [-0.25, -0.2) is 4.98 Å². The molecule has 112 valence electrons. The lowest BCUT2D eigenvalue weighted by Crippen LogP contribution is -2.14. The largest absolute Gasteiger partial charge is 0.302 e. The Bertz CT molecular complexity index is 812. The van der Waals surface area contributed by atoms with Crippen LogP contribution in [0.1, 0.15) is 22.3 Å². The van der Waals surface area contributed by atoms with Gasteiger partial charge in [0, 0.05) is 0 Å². The predicted octanol–water partition coefficient (Wildman–Crippen LogP) is 4.40. The van der Waals surface area contributed by atoms with Crippen molar-refractivity contribution in [2.75, 3.05) is 5.32 Å². The fraction of sp³-hybridized carbons (Fsp3) is 0.222. The van der Waals surface area contributed by atoms with Gasteiger partial charge in [0.1, 0.15) is 0 Å². The zero-order valence-corrected chi connectivity index (χ0v) is 13.8. The van der Waals surface area contributed by atoms with Crippen molar-refractivity contribution in [3.8, 4) is 0 Å². The Morgan fingerprint density at radius 2 is 1.91 bits per heavy atom. The number of thiazole rings is 1. The molecule has 0 atom stereocenters. The molecule has 1 N–H and O–H groups in total. The van der Waals surface area contributed by atoms with Crippen LogP contribution in [0, 0.1) is 20.8 Å². The number of anilines is 1. The molecule has 3 nitrogen and oxygen atoms in total. The fourth-order valence-corrected chi connectivity index (χ4v) is 3.51. The average molecular weight is 310 g/mol. The molecule has 1 heterocycles. The molecule has 3 rings (SSSR count).